The number of rotatable bonds is 12. The number of hydrogen-bond donors (Lipinski definition) is 2. The van der Waals surface area contributed by atoms with Crippen LogP contribution in [0, 0.1) is 0 Å². The smallest absolute Gasteiger partial charge is 0.0739 e. The van der Waals surface area contributed by atoms with Gasteiger partial charge in [0.15, 0.2) is 0 Å². The third-order valence-corrected chi connectivity index (χ3v) is 3.10. The minimum Gasteiger partial charge on any atom is -0.870 e. The van der Waals surface area contributed by atoms with Gasteiger partial charge in [0.25, 0.3) is 0 Å². The summed E-state index contributed by atoms with van der Waals surface area (Å²) in [4.78, 5) is 0. The highest BCUT2D eigenvalue weighted by atomic mass is 16.0. The first-order valence-corrected chi connectivity index (χ1v) is 7.21. The Morgan fingerprint density at radius 1 is 0.556 bits per heavy atom. The third-order valence-electron chi connectivity index (χ3n) is 3.10. The van der Waals surface area contributed by atoms with Crippen LogP contribution < -0.4 is 11.9 Å². The van der Waals surface area contributed by atoms with Crippen molar-refractivity contribution >= 4 is 0 Å². The Morgan fingerprint density at radius 2 is 0.833 bits per heavy atom. The van der Waals surface area contributed by atoms with E-state index in [-0.39, 0.29) is 17.1 Å². The minimum atomic E-state index is 0. The molecule has 0 aliphatic carbocycles. The molecule has 0 spiro atoms. The second-order valence-corrected chi connectivity index (χ2v) is 4.74. The van der Waals surface area contributed by atoms with Crippen LogP contribution in [0.3, 0.4) is 0 Å². The molecule has 4 nitrogen and oxygen atoms in total. The Bertz CT molecular complexity index is 102. The average Bonchev–Trinajstić information content (AvgIpc) is 2.26. The molecule has 0 aliphatic rings. The molecule has 0 heterocycles. The topological polar surface area (TPSA) is 124 Å². The first-order valence-electron chi connectivity index (χ1n) is 7.21. The van der Waals surface area contributed by atoms with Crippen LogP contribution in [-0.4, -0.2) is 17.5 Å². The molecule has 0 unspecified atom stereocenters. The molecule has 0 atom stereocenters. The van der Waals surface area contributed by atoms with Crippen LogP contribution >= 0.6 is 0 Å². The van der Waals surface area contributed by atoms with Gasteiger partial charge in [-0.25, -0.2) is 0 Å². The SMILES string of the molecule is CCCCCCCCCCCCCC[NH3+].[NH4+].[OH-].[OH-]. The second-order valence-electron chi connectivity index (χ2n) is 4.74. The zero-order valence-corrected chi connectivity index (χ0v) is 12.8. The highest BCUT2D eigenvalue weighted by molar-refractivity contribution is 4.47. The maximum absolute atomic E-state index is 3.87. The van der Waals surface area contributed by atoms with E-state index in [1.165, 1.54) is 77.0 Å². The fourth-order valence-corrected chi connectivity index (χ4v) is 2.02. The Hall–Kier alpha value is -0.160. The number of hydrogen-bond acceptors (Lipinski definition) is 2. The van der Waals surface area contributed by atoms with Crippen molar-refractivity contribution in [2.24, 2.45) is 0 Å². The Morgan fingerprint density at radius 3 is 1.11 bits per heavy atom. The lowest BCUT2D eigenvalue weighted by atomic mass is 10.1. The van der Waals surface area contributed by atoms with E-state index in [1.807, 2.05) is 0 Å². The van der Waals surface area contributed by atoms with Crippen LogP contribution in [0.25, 0.3) is 0 Å². The van der Waals surface area contributed by atoms with Crippen molar-refractivity contribution in [3.05, 3.63) is 0 Å². The molecule has 4 heteroatoms. The number of quaternary nitrogens is 2. The Labute approximate surface area is 114 Å². The molecule has 0 amide bonds. The fourth-order valence-electron chi connectivity index (χ4n) is 2.02. The normalized spacial score (nSPS) is 9.00. The molecule has 0 bridgehead atoms. The van der Waals surface area contributed by atoms with Gasteiger partial charge in [-0.05, 0) is 12.8 Å². The zero-order chi connectivity index (χ0) is 11.2. The summed E-state index contributed by atoms with van der Waals surface area (Å²) in [5.74, 6) is 0. The predicted molar refractivity (Wildman–Crippen MR) is 78.7 cm³/mol. The van der Waals surface area contributed by atoms with Crippen molar-refractivity contribution < 1.29 is 16.7 Å². The van der Waals surface area contributed by atoms with Gasteiger partial charge >= 0.3 is 0 Å². The maximum atomic E-state index is 3.87. The summed E-state index contributed by atoms with van der Waals surface area (Å²) in [6.07, 6.45) is 17.2. The fraction of sp³-hybridized carbons (Fsp3) is 1.00. The average molecular weight is 266 g/mol. The van der Waals surface area contributed by atoms with E-state index >= 15 is 0 Å². The van der Waals surface area contributed by atoms with Gasteiger partial charge in [-0.2, -0.15) is 0 Å². The van der Waals surface area contributed by atoms with Gasteiger partial charge in [0.2, 0.25) is 0 Å². The summed E-state index contributed by atoms with van der Waals surface area (Å²) in [6.45, 7) is 3.41. The summed E-state index contributed by atoms with van der Waals surface area (Å²) in [7, 11) is 0. The van der Waals surface area contributed by atoms with E-state index in [1.54, 1.807) is 0 Å². The lowest BCUT2D eigenvalue weighted by molar-refractivity contribution is -0.368. The Balaban J connectivity index is -0.000000327. The summed E-state index contributed by atoms with van der Waals surface area (Å²) in [6, 6.07) is 0. The molecule has 0 rings (SSSR count). The van der Waals surface area contributed by atoms with Gasteiger partial charge in [-0.15, -0.1) is 0 Å². The van der Waals surface area contributed by atoms with Gasteiger partial charge in [-0.3, -0.25) is 0 Å². The molecule has 0 aliphatic heterocycles. The van der Waals surface area contributed by atoms with Crippen LogP contribution in [0.4, 0.5) is 0 Å². The lowest BCUT2D eigenvalue weighted by Crippen LogP contribution is -2.50. The monoisotopic (exact) mass is 266 g/mol. The van der Waals surface area contributed by atoms with E-state index in [0.717, 1.165) is 6.54 Å². The first kappa shape index (κ1) is 26.4. The molecule has 0 fully saturated rings. The van der Waals surface area contributed by atoms with E-state index in [4.69, 9.17) is 0 Å². The van der Waals surface area contributed by atoms with Gasteiger partial charge in [0.05, 0.1) is 6.54 Å². The first-order chi connectivity index (χ1) is 7.41. The number of unbranched alkanes of at least 4 members (excludes halogenated alkanes) is 11. The van der Waals surface area contributed by atoms with Crippen molar-refractivity contribution in [1.82, 2.24) is 6.15 Å². The second kappa shape index (κ2) is 25.6. The van der Waals surface area contributed by atoms with Gasteiger partial charge in [0, 0.05) is 0 Å². The minimum absolute atomic E-state index is 0. The van der Waals surface area contributed by atoms with Gasteiger partial charge < -0.3 is 22.8 Å². The summed E-state index contributed by atoms with van der Waals surface area (Å²) in [5.41, 5.74) is 3.87. The van der Waals surface area contributed by atoms with Crippen LogP contribution in [0.1, 0.15) is 84.0 Å². The molecule has 0 aromatic rings. The largest absolute Gasteiger partial charge is 0.870 e. The predicted octanol–water partition coefficient (Wildman–Crippen LogP) is 3.95. The van der Waals surface area contributed by atoms with E-state index in [0.29, 0.717) is 0 Å². The highest BCUT2D eigenvalue weighted by Crippen LogP contribution is 2.11. The quantitative estimate of drug-likeness (QED) is 0.519. The molecule has 0 aromatic carbocycles. The van der Waals surface area contributed by atoms with Crippen LogP contribution in [-0.2, 0) is 0 Å². The van der Waals surface area contributed by atoms with Crippen molar-refractivity contribution in [1.29, 1.82) is 0 Å². The summed E-state index contributed by atoms with van der Waals surface area (Å²) in [5, 5.41) is 0. The van der Waals surface area contributed by atoms with Crippen LogP contribution in [0.2, 0.25) is 0 Å². The molecule has 18 heavy (non-hydrogen) atoms. The third kappa shape index (κ3) is 24.9. The van der Waals surface area contributed by atoms with E-state index < -0.39 is 0 Å². The molecule has 0 saturated carbocycles. The highest BCUT2D eigenvalue weighted by Gasteiger charge is 1.92. The van der Waals surface area contributed by atoms with Crippen molar-refractivity contribution in [2.75, 3.05) is 6.54 Å². The van der Waals surface area contributed by atoms with Crippen molar-refractivity contribution in [2.45, 2.75) is 84.0 Å². The molecule has 0 saturated heterocycles. The van der Waals surface area contributed by atoms with E-state index in [9.17, 15) is 0 Å². The molecule has 0 radical (unpaired) electrons. The zero-order valence-electron chi connectivity index (χ0n) is 12.8. The molecular weight excluding hydrogens is 228 g/mol. The van der Waals surface area contributed by atoms with Crippen molar-refractivity contribution in [3.8, 4) is 0 Å². The molecular formula is C14H38N2O2. The molecule has 0 aromatic heterocycles. The van der Waals surface area contributed by atoms with Gasteiger partial charge in [-0.1, -0.05) is 71.1 Å². The van der Waals surface area contributed by atoms with Crippen LogP contribution in [0.5, 0.6) is 0 Å². The molecule has 116 valence electrons. The molecule has 9 N–H and O–H groups in total. The Kier molecular flexibility index (Phi) is 37.6. The van der Waals surface area contributed by atoms with E-state index in [2.05, 4.69) is 12.7 Å². The lowest BCUT2D eigenvalue weighted by Gasteiger charge is -2.01. The maximum Gasteiger partial charge on any atom is 0.0739 e. The van der Waals surface area contributed by atoms with Gasteiger partial charge in [0.1, 0.15) is 0 Å². The van der Waals surface area contributed by atoms with Crippen LogP contribution in [0.15, 0.2) is 0 Å². The summed E-state index contributed by atoms with van der Waals surface area (Å²) < 4.78 is 0. The standard InChI is InChI=1S/C14H31N.H3N.2H2O/c1-2-3-4-5-6-7-8-9-10-11-12-13-14-15;;;/h2-15H2,1H3;1H3;2*1H2. The van der Waals surface area contributed by atoms with Crippen molar-refractivity contribution in [3.63, 3.8) is 0 Å². The summed E-state index contributed by atoms with van der Waals surface area (Å²) >= 11 is 0.